The molecule has 0 amide bonds. The zero-order valence-electron chi connectivity index (χ0n) is 7.83. The van der Waals surface area contributed by atoms with Gasteiger partial charge in [-0.25, -0.2) is 4.98 Å². The first-order valence-electron chi connectivity index (χ1n) is 4.15. The Balaban J connectivity index is 2.85. The summed E-state index contributed by atoms with van der Waals surface area (Å²) in [4.78, 5) is 5.63. The fourth-order valence-corrected chi connectivity index (χ4v) is 2.89. The van der Waals surface area contributed by atoms with Crippen molar-refractivity contribution in [2.75, 3.05) is 6.26 Å². The minimum Gasteiger partial charge on any atom is -0.245 e. The zero-order valence-corrected chi connectivity index (χ0v) is 9.47. The summed E-state index contributed by atoms with van der Waals surface area (Å²) in [7, 11) is 0. The molecule has 0 bridgehead atoms. The molecule has 0 unspecified atom stereocenters. The van der Waals surface area contributed by atoms with E-state index in [2.05, 4.69) is 24.2 Å². The first-order chi connectivity index (χ1) is 6.31. The standard InChI is InChI=1S/C9H12N2S2/c1-3-7-8(4-5-10)13-9(11-7)6-12-2/h3-4,6H2,1-2H3. The first-order valence-corrected chi connectivity index (χ1v) is 6.36. The van der Waals surface area contributed by atoms with Gasteiger partial charge in [-0.3, -0.25) is 0 Å². The Morgan fingerprint density at radius 3 is 2.92 bits per heavy atom. The minimum atomic E-state index is 0.509. The molecular weight excluding hydrogens is 200 g/mol. The van der Waals surface area contributed by atoms with Crippen LogP contribution in [-0.2, 0) is 18.6 Å². The molecule has 1 heterocycles. The summed E-state index contributed by atoms with van der Waals surface area (Å²) in [5.41, 5.74) is 1.11. The van der Waals surface area contributed by atoms with E-state index >= 15 is 0 Å². The minimum absolute atomic E-state index is 0.509. The van der Waals surface area contributed by atoms with Crippen LogP contribution in [0.25, 0.3) is 0 Å². The van der Waals surface area contributed by atoms with Crippen molar-refractivity contribution in [1.29, 1.82) is 5.26 Å². The number of nitrogens with zero attached hydrogens (tertiary/aromatic N) is 2. The molecule has 0 saturated carbocycles. The van der Waals surface area contributed by atoms with E-state index in [1.807, 2.05) is 0 Å². The van der Waals surface area contributed by atoms with Gasteiger partial charge in [0.1, 0.15) is 5.01 Å². The molecular formula is C9H12N2S2. The number of aromatic nitrogens is 1. The lowest BCUT2D eigenvalue weighted by Gasteiger charge is -1.89. The summed E-state index contributed by atoms with van der Waals surface area (Å²) in [5, 5.41) is 9.75. The van der Waals surface area contributed by atoms with Gasteiger partial charge < -0.3 is 0 Å². The van der Waals surface area contributed by atoms with E-state index in [1.54, 1.807) is 23.1 Å². The molecule has 13 heavy (non-hydrogen) atoms. The van der Waals surface area contributed by atoms with Gasteiger partial charge in [0.2, 0.25) is 0 Å². The number of rotatable bonds is 4. The van der Waals surface area contributed by atoms with Gasteiger partial charge in [-0.1, -0.05) is 6.92 Å². The Hall–Kier alpha value is -0.530. The summed E-state index contributed by atoms with van der Waals surface area (Å²) in [6.45, 7) is 2.08. The van der Waals surface area contributed by atoms with Crippen molar-refractivity contribution in [1.82, 2.24) is 4.98 Å². The molecule has 0 aliphatic rings. The largest absolute Gasteiger partial charge is 0.245 e. The monoisotopic (exact) mass is 212 g/mol. The van der Waals surface area contributed by atoms with E-state index in [0.29, 0.717) is 6.42 Å². The topological polar surface area (TPSA) is 36.7 Å². The molecule has 0 aliphatic carbocycles. The third-order valence-electron chi connectivity index (χ3n) is 1.66. The van der Waals surface area contributed by atoms with Gasteiger partial charge in [-0.05, 0) is 12.7 Å². The highest BCUT2D eigenvalue weighted by molar-refractivity contribution is 7.97. The molecule has 70 valence electrons. The van der Waals surface area contributed by atoms with Crippen LogP contribution in [0.1, 0.15) is 22.5 Å². The van der Waals surface area contributed by atoms with Crippen LogP contribution in [-0.4, -0.2) is 11.2 Å². The van der Waals surface area contributed by atoms with E-state index in [4.69, 9.17) is 5.26 Å². The van der Waals surface area contributed by atoms with E-state index in [-0.39, 0.29) is 0 Å². The van der Waals surface area contributed by atoms with Crippen LogP contribution >= 0.6 is 23.1 Å². The predicted molar refractivity (Wildman–Crippen MR) is 58.0 cm³/mol. The fraction of sp³-hybridized carbons (Fsp3) is 0.556. The van der Waals surface area contributed by atoms with Crippen molar-refractivity contribution in [3.63, 3.8) is 0 Å². The van der Waals surface area contributed by atoms with Crippen LogP contribution in [0.4, 0.5) is 0 Å². The van der Waals surface area contributed by atoms with Crippen LogP contribution in [0, 0.1) is 11.3 Å². The Morgan fingerprint density at radius 2 is 2.38 bits per heavy atom. The molecule has 0 aliphatic heterocycles. The van der Waals surface area contributed by atoms with E-state index in [1.165, 1.54) is 0 Å². The van der Waals surface area contributed by atoms with Crippen molar-refractivity contribution < 1.29 is 0 Å². The summed E-state index contributed by atoms with van der Waals surface area (Å²) >= 11 is 3.45. The normalized spacial score (nSPS) is 9.92. The molecule has 1 aromatic rings. The lowest BCUT2D eigenvalue weighted by molar-refractivity contribution is 1.01. The second-order valence-corrected chi connectivity index (χ2v) is 4.63. The van der Waals surface area contributed by atoms with Crippen molar-refractivity contribution in [3.8, 4) is 6.07 Å². The molecule has 0 fully saturated rings. The molecule has 1 aromatic heterocycles. The summed E-state index contributed by atoms with van der Waals surface area (Å²) in [5.74, 6) is 0.961. The lowest BCUT2D eigenvalue weighted by Crippen LogP contribution is -1.87. The van der Waals surface area contributed by atoms with E-state index in [9.17, 15) is 0 Å². The maximum absolute atomic E-state index is 8.60. The third-order valence-corrected chi connectivity index (χ3v) is 3.51. The van der Waals surface area contributed by atoms with Gasteiger partial charge >= 0.3 is 0 Å². The summed E-state index contributed by atoms with van der Waals surface area (Å²) in [6, 6.07) is 2.18. The van der Waals surface area contributed by atoms with Crippen molar-refractivity contribution in [3.05, 3.63) is 15.6 Å². The van der Waals surface area contributed by atoms with E-state index in [0.717, 1.165) is 27.8 Å². The zero-order chi connectivity index (χ0) is 9.68. The van der Waals surface area contributed by atoms with Gasteiger partial charge in [-0.2, -0.15) is 17.0 Å². The quantitative estimate of drug-likeness (QED) is 0.770. The van der Waals surface area contributed by atoms with Crippen molar-refractivity contribution in [2.24, 2.45) is 0 Å². The van der Waals surface area contributed by atoms with Crippen LogP contribution < -0.4 is 0 Å². The lowest BCUT2D eigenvalue weighted by atomic mass is 10.2. The number of thioether (sulfide) groups is 1. The highest BCUT2D eigenvalue weighted by Crippen LogP contribution is 2.22. The van der Waals surface area contributed by atoms with Crippen LogP contribution in [0.5, 0.6) is 0 Å². The van der Waals surface area contributed by atoms with Crippen molar-refractivity contribution in [2.45, 2.75) is 25.5 Å². The number of hydrogen-bond acceptors (Lipinski definition) is 4. The SMILES string of the molecule is CCc1nc(CSC)sc1CC#N. The molecule has 0 aromatic carbocycles. The van der Waals surface area contributed by atoms with Crippen LogP contribution in [0.15, 0.2) is 0 Å². The maximum atomic E-state index is 8.60. The molecule has 0 saturated heterocycles. The second-order valence-electron chi connectivity index (χ2n) is 2.60. The molecule has 0 radical (unpaired) electrons. The predicted octanol–water partition coefficient (Wildman–Crippen LogP) is 2.63. The van der Waals surface area contributed by atoms with E-state index < -0.39 is 0 Å². The Labute approximate surface area is 87.0 Å². The highest BCUT2D eigenvalue weighted by Gasteiger charge is 2.08. The Bertz CT molecular complexity index is 312. The number of hydrogen-bond donors (Lipinski definition) is 0. The summed E-state index contributed by atoms with van der Waals surface area (Å²) in [6.07, 6.45) is 3.51. The average molecular weight is 212 g/mol. The second kappa shape index (κ2) is 5.25. The number of thiazole rings is 1. The molecule has 0 N–H and O–H groups in total. The Morgan fingerprint density at radius 1 is 1.62 bits per heavy atom. The third kappa shape index (κ3) is 2.71. The molecule has 4 heteroatoms. The molecule has 0 atom stereocenters. The first kappa shape index (κ1) is 10.6. The average Bonchev–Trinajstić information content (AvgIpc) is 2.49. The van der Waals surface area contributed by atoms with Gasteiger partial charge in [0, 0.05) is 10.6 Å². The van der Waals surface area contributed by atoms with Crippen molar-refractivity contribution >= 4 is 23.1 Å². The van der Waals surface area contributed by atoms with Gasteiger partial charge in [-0.15, -0.1) is 11.3 Å². The Kier molecular flexibility index (Phi) is 4.26. The van der Waals surface area contributed by atoms with Gasteiger partial charge in [0.25, 0.3) is 0 Å². The number of nitriles is 1. The van der Waals surface area contributed by atoms with Gasteiger partial charge in [0.05, 0.1) is 18.2 Å². The molecule has 2 nitrogen and oxygen atoms in total. The molecule has 0 spiro atoms. The smallest absolute Gasteiger partial charge is 0.103 e. The van der Waals surface area contributed by atoms with Crippen LogP contribution in [0.2, 0.25) is 0 Å². The number of aryl methyl sites for hydroxylation is 1. The van der Waals surface area contributed by atoms with Gasteiger partial charge in [0.15, 0.2) is 0 Å². The van der Waals surface area contributed by atoms with Crippen LogP contribution in [0.3, 0.4) is 0 Å². The highest BCUT2D eigenvalue weighted by atomic mass is 32.2. The molecule has 1 rings (SSSR count). The summed E-state index contributed by atoms with van der Waals surface area (Å²) < 4.78 is 0. The maximum Gasteiger partial charge on any atom is 0.103 e. The fourth-order valence-electron chi connectivity index (χ4n) is 1.11.